The van der Waals surface area contributed by atoms with Gasteiger partial charge in [-0.05, 0) is 44.0 Å². The van der Waals surface area contributed by atoms with Crippen molar-refractivity contribution in [2.24, 2.45) is 0 Å². The molecule has 7 nitrogen and oxygen atoms in total. The van der Waals surface area contributed by atoms with E-state index >= 15 is 0 Å². The van der Waals surface area contributed by atoms with E-state index in [1.807, 2.05) is 68.6 Å². The van der Waals surface area contributed by atoms with Crippen molar-refractivity contribution in [1.29, 1.82) is 0 Å². The van der Waals surface area contributed by atoms with Crippen molar-refractivity contribution in [3.05, 3.63) is 94.9 Å². The quantitative estimate of drug-likeness (QED) is 0.308. The van der Waals surface area contributed by atoms with Gasteiger partial charge in [0.15, 0.2) is 5.78 Å². The maximum absolute atomic E-state index is 13.2. The molecule has 5 rings (SSSR count). The van der Waals surface area contributed by atoms with Crippen LogP contribution in [0, 0.1) is 13.8 Å². The molecule has 0 radical (unpaired) electrons. The fraction of sp³-hybridized carbons (Fsp3) is 0.250. The molecule has 3 heterocycles. The SMILES string of the molecule is Cc1cc(C(=O)CN2C(=O)N[C@H](Cc3c[nH]c4ccccc34)C2=O)c(C)n1[C@@H](C)c1ccccc1. The molecular weight excluding hydrogens is 440 g/mol. The highest BCUT2D eigenvalue weighted by atomic mass is 16.2. The summed E-state index contributed by atoms with van der Waals surface area (Å²) < 4.78 is 2.12. The Kier molecular flexibility index (Phi) is 5.76. The zero-order valence-electron chi connectivity index (χ0n) is 20.0. The Morgan fingerprint density at radius 2 is 1.74 bits per heavy atom. The van der Waals surface area contributed by atoms with E-state index in [1.54, 1.807) is 0 Å². The van der Waals surface area contributed by atoms with Crippen molar-refractivity contribution in [1.82, 2.24) is 19.8 Å². The van der Waals surface area contributed by atoms with Gasteiger partial charge >= 0.3 is 6.03 Å². The van der Waals surface area contributed by atoms with Crippen LogP contribution >= 0.6 is 0 Å². The first-order valence-corrected chi connectivity index (χ1v) is 11.8. The second kappa shape index (κ2) is 8.91. The van der Waals surface area contributed by atoms with Gasteiger partial charge in [-0.2, -0.15) is 0 Å². The summed E-state index contributed by atoms with van der Waals surface area (Å²) in [7, 11) is 0. The van der Waals surface area contributed by atoms with Crippen LogP contribution in [0.2, 0.25) is 0 Å². The monoisotopic (exact) mass is 468 g/mol. The number of hydrogen-bond donors (Lipinski definition) is 2. The van der Waals surface area contributed by atoms with Gasteiger partial charge in [0.25, 0.3) is 5.91 Å². The number of hydrogen-bond acceptors (Lipinski definition) is 3. The number of fused-ring (bicyclic) bond motifs is 1. The number of carbonyl (C=O) groups is 3. The fourth-order valence-corrected chi connectivity index (χ4v) is 5.15. The largest absolute Gasteiger partial charge is 0.361 e. The van der Waals surface area contributed by atoms with E-state index in [0.717, 1.165) is 38.3 Å². The Hall–Kier alpha value is -4.13. The molecule has 0 aliphatic carbocycles. The number of aromatic amines is 1. The Morgan fingerprint density at radius 1 is 1.03 bits per heavy atom. The highest BCUT2D eigenvalue weighted by molar-refractivity contribution is 6.09. The van der Waals surface area contributed by atoms with Gasteiger partial charge in [-0.3, -0.25) is 14.5 Å². The van der Waals surface area contributed by atoms with Gasteiger partial charge in [0.2, 0.25) is 0 Å². The molecule has 2 aromatic heterocycles. The molecule has 2 atom stereocenters. The van der Waals surface area contributed by atoms with Crippen LogP contribution < -0.4 is 5.32 Å². The van der Waals surface area contributed by atoms with E-state index < -0.39 is 12.1 Å². The summed E-state index contributed by atoms with van der Waals surface area (Å²) in [6.45, 7) is 5.69. The third-order valence-electron chi connectivity index (χ3n) is 6.96. The van der Waals surface area contributed by atoms with Gasteiger partial charge in [-0.1, -0.05) is 48.5 Å². The maximum Gasteiger partial charge on any atom is 0.325 e. The van der Waals surface area contributed by atoms with E-state index in [-0.39, 0.29) is 24.3 Å². The van der Waals surface area contributed by atoms with Crippen molar-refractivity contribution in [3.63, 3.8) is 0 Å². The highest BCUT2D eigenvalue weighted by Gasteiger charge is 2.39. The Balaban J connectivity index is 1.33. The van der Waals surface area contributed by atoms with Crippen LogP contribution in [0.4, 0.5) is 4.79 Å². The smallest absolute Gasteiger partial charge is 0.325 e. The summed E-state index contributed by atoms with van der Waals surface area (Å²) in [5.41, 5.74) is 5.38. The second-order valence-corrected chi connectivity index (χ2v) is 9.15. The van der Waals surface area contributed by atoms with Crippen LogP contribution in [0.3, 0.4) is 0 Å². The fourth-order valence-electron chi connectivity index (χ4n) is 5.15. The average Bonchev–Trinajstić information content (AvgIpc) is 3.49. The van der Waals surface area contributed by atoms with Crippen molar-refractivity contribution >= 4 is 28.6 Å². The van der Waals surface area contributed by atoms with Crippen molar-refractivity contribution in [3.8, 4) is 0 Å². The van der Waals surface area contributed by atoms with E-state index in [0.29, 0.717) is 12.0 Å². The summed E-state index contributed by atoms with van der Waals surface area (Å²) in [5.74, 6) is -0.624. The first kappa shape index (κ1) is 22.7. The van der Waals surface area contributed by atoms with Crippen LogP contribution in [0.15, 0.2) is 66.9 Å². The molecule has 0 spiro atoms. The van der Waals surface area contributed by atoms with E-state index in [2.05, 4.69) is 33.9 Å². The van der Waals surface area contributed by atoms with Crippen LogP contribution in [0.5, 0.6) is 0 Å². The van der Waals surface area contributed by atoms with Crippen LogP contribution in [0.1, 0.15) is 45.8 Å². The number of ketones is 1. The Bertz CT molecular complexity index is 1430. The molecule has 4 aromatic rings. The van der Waals surface area contributed by atoms with Crippen molar-refractivity contribution in [2.75, 3.05) is 6.54 Å². The van der Waals surface area contributed by atoms with E-state index in [4.69, 9.17) is 0 Å². The lowest BCUT2D eigenvalue weighted by Gasteiger charge is -2.19. The van der Waals surface area contributed by atoms with Gasteiger partial charge in [0, 0.05) is 40.5 Å². The zero-order chi connectivity index (χ0) is 24.7. The third kappa shape index (κ3) is 4.03. The normalized spacial score (nSPS) is 16.7. The molecule has 0 saturated carbocycles. The average molecular weight is 469 g/mol. The molecule has 1 saturated heterocycles. The zero-order valence-corrected chi connectivity index (χ0v) is 20.0. The summed E-state index contributed by atoms with van der Waals surface area (Å²) in [5, 5.41) is 3.77. The van der Waals surface area contributed by atoms with Gasteiger partial charge in [-0.15, -0.1) is 0 Å². The molecule has 178 valence electrons. The number of benzene rings is 2. The predicted molar refractivity (Wildman–Crippen MR) is 135 cm³/mol. The number of carbonyl (C=O) groups excluding carboxylic acids is 3. The Labute approximate surface area is 203 Å². The minimum atomic E-state index is -0.694. The second-order valence-electron chi connectivity index (χ2n) is 9.15. The number of para-hydroxylation sites is 1. The lowest BCUT2D eigenvalue weighted by Crippen LogP contribution is -2.36. The summed E-state index contributed by atoms with van der Waals surface area (Å²) in [4.78, 5) is 43.2. The first-order valence-electron chi connectivity index (χ1n) is 11.8. The highest BCUT2D eigenvalue weighted by Crippen LogP contribution is 2.26. The molecule has 1 aliphatic rings. The third-order valence-corrected chi connectivity index (χ3v) is 6.96. The minimum absolute atomic E-state index is 0.0509. The van der Waals surface area contributed by atoms with Crippen LogP contribution in [-0.2, 0) is 11.2 Å². The van der Waals surface area contributed by atoms with Crippen LogP contribution in [-0.4, -0.2) is 44.8 Å². The summed E-state index contributed by atoms with van der Waals surface area (Å²) in [6, 6.07) is 18.6. The molecule has 7 heteroatoms. The van der Waals surface area contributed by atoms with Crippen molar-refractivity contribution < 1.29 is 14.4 Å². The van der Waals surface area contributed by atoms with Gasteiger partial charge in [0.1, 0.15) is 6.04 Å². The van der Waals surface area contributed by atoms with Crippen LogP contribution in [0.25, 0.3) is 10.9 Å². The standard InChI is InChI=1S/C28H28N4O3/c1-17-13-23(19(3)32(17)18(2)20-9-5-4-6-10-20)26(33)16-31-27(34)25(30-28(31)35)14-21-15-29-24-12-8-7-11-22(21)24/h4-13,15,18,25,29H,14,16H2,1-3H3,(H,30,35)/t18-,25+/m0/s1. The molecule has 35 heavy (non-hydrogen) atoms. The number of aryl methyl sites for hydroxylation is 1. The molecule has 1 fully saturated rings. The number of urea groups is 1. The first-order chi connectivity index (χ1) is 16.8. The number of aromatic nitrogens is 2. The molecule has 3 amide bonds. The molecule has 1 aliphatic heterocycles. The van der Waals surface area contributed by atoms with E-state index in [9.17, 15) is 14.4 Å². The van der Waals surface area contributed by atoms with Crippen molar-refractivity contribution in [2.45, 2.75) is 39.3 Å². The summed E-state index contributed by atoms with van der Waals surface area (Å²) in [6.07, 6.45) is 2.23. The molecular formula is C28H28N4O3. The number of H-pyrrole nitrogens is 1. The number of rotatable bonds is 7. The number of imide groups is 1. The molecule has 2 aromatic carbocycles. The number of Topliss-reactive ketones (excluding diaryl/α,β-unsaturated/α-hetero) is 1. The maximum atomic E-state index is 13.2. The predicted octanol–water partition coefficient (Wildman–Crippen LogP) is 4.54. The lowest BCUT2D eigenvalue weighted by molar-refractivity contribution is -0.127. The Morgan fingerprint density at radius 3 is 2.51 bits per heavy atom. The number of amides is 3. The van der Waals surface area contributed by atoms with Gasteiger partial charge in [0.05, 0.1) is 12.6 Å². The van der Waals surface area contributed by atoms with Gasteiger partial charge in [-0.25, -0.2) is 4.79 Å². The molecule has 0 bridgehead atoms. The number of nitrogens with zero attached hydrogens (tertiary/aromatic N) is 2. The molecule has 2 N–H and O–H groups in total. The molecule has 0 unspecified atom stereocenters. The lowest BCUT2D eigenvalue weighted by atomic mass is 10.0. The topological polar surface area (TPSA) is 87.2 Å². The van der Waals surface area contributed by atoms with Gasteiger partial charge < -0.3 is 14.9 Å². The van der Waals surface area contributed by atoms with E-state index in [1.165, 1.54) is 0 Å². The minimum Gasteiger partial charge on any atom is -0.361 e. The number of nitrogens with one attached hydrogen (secondary N) is 2. The summed E-state index contributed by atoms with van der Waals surface area (Å²) >= 11 is 0.